The summed E-state index contributed by atoms with van der Waals surface area (Å²) >= 11 is 2.85. The minimum atomic E-state index is -4.41. The fourth-order valence-corrected chi connectivity index (χ4v) is 5.47. The molecular formula is C20H18F3N3O2S2. The molecule has 1 aliphatic rings. The second-order valence-corrected chi connectivity index (χ2v) is 9.09. The highest BCUT2D eigenvalue weighted by Gasteiger charge is 2.30. The van der Waals surface area contributed by atoms with Crippen molar-refractivity contribution in [3.63, 3.8) is 0 Å². The van der Waals surface area contributed by atoms with E-state index in [2.05, 4.69) is 15.3 Å². The minimum absolute atomic E-state index is 0.0190. The second kappa shape index (κ2) is 8.43. The van der Waals surface area contributed by atoms with Crippen LogP contribution in [0, 0.1) is 0 Å². The molecule has 0 radical (unpaired) electrons. The predicted octanol–water partition coefficient (Wildman–Crippen LogP) is 4.04. The number of nitrogens with zero attached hydrogens (tertiary/aromatic N) is 1. The zero-order chi connectivity index (χ0) is 21.3. The largest absolute Gasteiger partial charge is 0.416 e. The molecule has 4 rings (SSSR count). The lowest BCUT2D eigenvalue weighted by Crippen LogP contribution is -2.25. The van der Waals surface area contributed by atoms with Crippen molar-refractivity contribution < 1.29 is 18.0 Å². The van der Waals surface area contributed by atoms with Gasteiger partial charge >= 0.3 is 6.18 Å². The van der Waals surface area contributed by atoms with Crippen LogP contribution in [0.25, 0.3) is 10.2 Å². The van der Waals surface area contributed by atoms with Crippen molar-refractivity contribution in [2.45, 2.75) is 37.7 Å². The van der Waals surface area contributed by atoms with Crippen LogP contribution in [-0.2, 0) is 36.1 Å². The maximum absolute atomic E-state index is 12.7. The molecule has 0 saturated heterocycles. The molecule has 158 valence electrons. The van der Waals surface area contributed by atoms with Crippen LogP contribution >= 0.6 is 23.1 Å². The highest BCUT2D eigenvalue weighted by atomic mass is 32.2. The first-order chi connectivity index (χ1) is 14.3. The lowest BCUT2D eigenvalue weighted by molar-refractivity contribution is -0.137. The first-order valence-corrected chi connectivity index (χ1v) is 11.3. The van der Waals surface area contributed by atoms with Crippen molar-refractivity contribution in [1.82, 2.24) is 15.3 Å². The number of thiophene rings is 1. The fraction of sp³-hybridized carbons (Fsp3) is 0.350. The number of aromatic nitrogens is 2. The van der Waals surface area contributed by atoms with E-state index in [0.717, 1.165) is 41.8 Å². The normalized spacial score (nSPS) is 13.6. The first kappa shape index (κ1) is 20.9. The van der Waals surface area contributed by atoms with Crippen LogP contribution in [0.5, 0.6) is 0 Å². The van der Waals surface area contributed by atoms with Gasteiger partial charge in [-0.2, -0.15) is 13.2 Å². The van der Waals surface area contributed by atoms with E-state index in [0.29, 0.717) is 22.5 Å². The van der Waals surface area contributed by atoms with Gasteiger partial charge < -0.3 is 10.3 Å². The second-order valence-electron chi connectivity index (χ2n) is 7.02. The smallest absolute Gasteiger partial charge is 0.351 e. The summed E-state index contributed by atoms with van der Waals surface area (Å²) in [5.74, 6) is 0.700. The monoisotopic (exact) mass is 453 g/mol. The number of hydrogen-bond donors (Lipinski definition) is 2. The molecule has 2 N–H and O–H groups in total. The molecule has 0 atom stereocenters. The Kier molecular flexibility index (Phi) is 5.88. The number of carbonyl (C=O) groups is 1. The fourth-order valence-electron chi connectivity index (χ4n) is 3.46. The van der Waals surface area contributed by atoms with Gasteiger partial charge in [0.15, 0.2) is 0 Å². The van der Waals surface area contributed by atoms with Crippen molar-refractivity contribution >= 4 is 39.2 Å². The van der Waals surface area contributed by atoms with E-state index in [1.165, 1.54) is 28.8 Å². The van der Waals surface area contributed by atoms with Crippen LogP contribution in [0.3, 0.4) is 0 Å². The van der Waals surface area contributed by atoms with E-state index in [-0.39, 0.29) is 23.8 Å². The van der Waals surface area contributed by atoms with E-state index >= 15 is 0 Å². The molecule has 1 aliphatic carbocycles. The summed E-state index contributed by atoms with van der Waals surface area (Å²) in [6.07, 6.45) is -1.43. The molecule has 0 fully saturated rings. The number of aryl methyl sites for hydroxylation is 2. The van der Waals surface area contributed by atoms with Gasteiger partial charge in [-0.1, -0.05) is 12.1 Å². The van der Waals surface area contributed by atoms with E-state index in [1.807, 2.05) is 0 Å². The van der Waals surface area contributed by atoms with Crippen molar-refractivity contribution in [1.29, 1.82) is 0 Å². The molecule has 0 aliphatic heterocycles. The molecule has 3 aromatic rings. The number of thioether (sulfide) groups is 1. The Morgan fingerprint density at radius 3 is 2.93 bits per heavy atom. The zero-order valence-corrected chi connectivity index (χ0v) is 17.4. The SMILES string of the molecule is O=C(CSCc1nc2sc3c(c2c(=O)[nH]1)CCC3)NCc1cccc(C(F)(F)F)c1. The Hall–Kier alpha value is -2.33. The summed E-state index contributed by atoms with van der Waals surface area (Å²) < 4.78 is 38.2. The molecule has 0 saturated carbocycles. The van der Waals surface area contributed by atoms with Gasteiger partial charge in [0.2, 0.25) is 5.91 Å². The minimum Gasteiger partial charge on any atom is -0.351 e. The van der Waals surface area contributed by atoms with Crippen LogP contribution in [0.4, 0.5) is 13.2 Å². The molecule has 10 heteroatoms. The van der Waals surface area contributed by atoms with Gasteiger partial charge in [0.05, 0.1) is 22.5 Å². The molecule has 0 spiro atoms. The summed E-state index contributed by atoms with van der Waals surface area (Å²) in [6.45, 7) is 0.0190. The molecule has 1 aromatic carbocycles. The van der Waals surface area contributed by atoms with Crippen LogP contribution in [0.1, 0.15) is 33.8 Å². The number of benzene rings is 1. The van der Waals surface area contributed by atoms with Gasteiger partial charge in [-0.3, -0.25) is 9.59 Å². The van der Waals surface area contributed by atoms with E-state index in [4.69, 9.17) is 0 Å². The third-order valence-electron chi connectivity index (χ3n) is 4.84. The summed E-state index contributed by atoms with van der Waals surface area (Å²) in [4.78, 5) is 33.7. The summed E-state index contributed by atoms with van der Waals surface area (Å²) in [6, 6.07) is 4.87. The quantitative estimate of drug-likeness (QED) is 0.591. The van der Waals surface area contributed by atoms with Crippen molar-refractivity contribution in [2.75, 3.05) is 5.75 Å². The number of carbonyl (C=O) groups excluding carboxylic acids is 1. The third-order valence-corrected chi connectivity index (χ3v) is 6.97. The maximum atomic E-state index is 12.7. The van der Waals surface area contributed by atoms with Gasteiger partial charge in [0.25, 0.3) is 5.56 Å². The number of fused-ring (bicyclic) bond motifs is 3. The van der Waals surface area contributed by atoms with E-state index in [1.54, 1.807) is 11.3 Å². The Morgan fingerprint density at radius 2 is 2.13 bits per heavy atom. The lowest BCUT2D eigenvalue weighted by atomic mass is 10.1. The molecule has 5 nitrogen and oxygen atoms in total. The Bertz CT molecular complexity index is 1150. The Labute approximate surface area is 178 Å². The van der Waals surface area contributed by atoms with E-state index < -0.39 is 11.7 Å². The number of hydrogen-bond acceptors (Lipinski definition) is 5. The van der Waals surface area contributed by atoms with Crippen LogP contribution < -0.4 is 10.9 Å². The molecule has 0 unspecified atom stereocenters. The number of halogens is 3. The van der Waals surface area contributed by atoms with Crippen molar-refractivity contribution in [2.24, 2.45) is 0 Å². The van der Waals surface area contributed by atoms with Gasteiger partial charge in [-0.15, -0.1) is 23.1 Å². The maximum Gasteiger partial charge on any atom is 0.416 e. The summed E-state index contributed by atoms with van der Waals surface area (Å²) in [5.41, 5.74) is 0.625. The topological polar surface area (TPSA) is 74.8 Å². The lowest BCUT2D eigenvalue weighted by Gasteiger charge is -2.09. The van der Waals surface area contributed by atoms with Gasteiger partial charge in [-0.05, 0) is 42.5 Å². The number of aromatic amines is 1. The third kappa shape index (κ3) is 4.54. The predicted molar refractivity (Wildman–Crippen MR) is 112 cm³/mol. The van der Waals surface area contributed by atoms with Crippen LogP contribution in [-0.4, -0.2) is 21.6 Å². The average molecular weight is 454 g/mol. The number of nitrogens with one attached hydrogen (secondary N) is 2. The number of alkyl halides is 3. The van der Waals surface area contributed by atoms with Gasteiger partial charge in [-0.25, -0.2) is 4.98 Å². The van der Waals surface area contributed by atoms with E-state index in [9.17, 15) is 22.8 Å². The Balaban J connectivity index is 1.30. The van der Waals surface area contributed by atoms with Crippen molar-refractivity contribution in [3.05, 3.63) is 62.0 Å². The molecule has 2 heterocycles. The zero-order valence-electron chi connectivity index (χ0n) is 15.8. The summed E-state index contributed by atoms with van der Waals surface area (Å²) in [7, 11) is 0. The molecule has 1 amide bonds. The van der Waals surface area contributed by atoms with Gasteiger partial charge in [0, 0.05) is 11.4 Å². The highest BCUT2D eigenvalue weighted by molar-refractivity contribution is 7.99. The van der Waals surface area contributed by atoms with Crippen molar-refractivity contribution in [3.8, 4) is 0 Å². The Morgan fingerprint density at radius 1 is 1.30 bits per heavy atom. The molecule has 30 heavy (non-hydrogen) atoms. The summed E-state index contributed by atoms with van der Waals surface area (Å²) in [5, 5.41) is 3.31. The first-order valence-electron chi connectivity index (χ1n) is 9.35. The molecule has 2 aromatic heterocycles. The standard InChI is InChI=1S/C20H18F3N3O2S2/c21-20(22,23)12-4-1-3-11(7-12)8-24-16(27)10-29-9-15-25-18(28)17-13-5-2-6-14(13)30-19(17)26-15/h1,3-4,7H,2,5-6,8-10H2,(H,24,27)(H,25,26,28). The number of amides is 1. The number of H-pyrrole nitrogens is 1. The van der Waals surface area contributed by atoms with Gasteiger partial charge in [0.1, 0.15) is 10.7 Å². The average Bonchev–Trinajstić information content (AvgIpc) is 3.27. The number of rotatable bonds is 6. The molecular weight excluding hydrogens is 435 g/mol. The highest BCUT2D eigenvalue weighted by Crippen LogP contribution is 2.34. The van der Waals surface area contributed by atoms with Crippen LogP contribution in [0.2, 0.25) is 0 Å². The molecule has 0 bridgehead atoms. The van der Waals surface area contributed by atoms with Crippen LogP contribution in [0.15, 0.2) is 29.1 Å².